The first-order chi connectivity index (χ1) is 9.23. The molecule has 0 unspecified atom stereocenters. The van der Waals surface area contributed by atoms with Crippen LogP contribution in [0.3, 0.4) is 0 Å². The molecule has 2 rings (SSSR count). The summed E-state index contributed by atoms with van der Waals surface area (Å²) in [4.78, 5) is 0. The average molecular weight is 277 g/mol. The standard InChI is InChI=1S/C14H17BFNO3/c1-13(2)14(3,4)20-15(19-13)10-6-7-11(18-5)9(8-17)12(10)16/h6-7H,1-5H3. The molecule has 0 amide bonds. The van der Waals surface area contributed by atoms with Crippen LogP contribution in [-0.4, -0.2) is 25.4 Å². The fourth-order valence-corrected chi connectivity index (χ4v) is 2.00. The average Bonchev–Trinajstić information content (AvgIpc) is 2.57. The Kier molecular flexibility index (Phi) is 3.53. The van der Waals surface area contributed by atoms with Gasteiger partial charge in [0.25, 0.3) is 0 Å². The number of benzene rings is 1. The molecule has 0 N–H and O–H groups in total. The molecule has 1 aliphatic rings. The summed E-state index contributed by atoms with van der Waals surface area (Å²) in [5, 5.41) is 9.05. The lowest BCUT2D eigenvalue weighted by Crippen LogP contribution is -2.41. The number of nitrogens with zero attached hydrogens (tertiary/aromatic N) is 1. The van der Waals surface area contributed by atoms with E-state index in [1.54, 1.807) is 6.07 Å². The molecule has 0 spiro atoms. The molecular formula is C14H17BFNO3. The van der Waals surface area contributed by atoms with Crippen molar-refractivity contribution in [2.75, 3.05) is 7.11 Å². The van der Waals surface area contributed by atoms with Crippen LogP contribution in [0.5, 0.6) is 5.75 Å². The lowest BCUT2D eigenvalue weighted by atomic mass is 9.77. The van der Waals surface area contributed by atoms with Gasteiger partial charge < -0.3 is 14.0 Å². The van der Waals surface area contributed by atoms with Crippen molar-refractivity contribution in [3.63, 3.8) is 0 Å². The Morgan fingerprint density at radius 2 is 1.75 bits per heavy atom. The number of nitriles is 1. The molecule has 1 heterocycles. The molecular weight excluding hydrogens is 260 g/mol. The minimum atomic E-state index is -0.835. The highest BCUT2D eigenvalue weighted by Gasteiger charge is 2.52. The second kappa shape index (κ2) is 4.76. The van der Waals surface area contributed by atoms with Crippen molar-refractivity contribution in [3.8, 4) is 11.8 Å². The summed E-state index contributed by atoms with van der Waals surface area (Å²) < 4.78 is 31.0. The summed E-state index contributed by atoms with van der Waals surface area (Å²) in [6, 6.07) is 4.88. The summed E-state index contributed by atoms with van der Waals surface area (Å²) >= 11 is 0. The molecule has 20 heavy (non-hydrogen) atoms. The largest absolute Gasteiger partial charge is 0.497 e. The number of rotatable bonds is 2. The fraction of sp³-hybridized carbons (Fsp3) is 0.500. The second-order valence-electron chi connectivity index (χ2n) is 5.75. The van der Waals surface area contributed by atoms with Gasteiger partial charge >= 0.3 is 7.12 Å². The molecule has 0 saturated carbocycles. The Bertz CT molecular complexity index is 565. The first-order valence-corrected chi connectivity index (χ1v) is 6.35. The molecule has 0 radical (unpaired) electrons. The van der Waals surface area contributed by atoms with Crippen LogP contribution in [0, 0.1) is 17.1 Å². The van der Waals surface area contributed by atoms with Crippen molar-refractivity contribution in [3.05, 3.63) is 23.5 Å². The van der Waals surface area contributed by atoms with Gasteiger partial charge in [0.1, 0.15) is 23.2 Å². The van der Waals surface area contributed by atoms with Crippen molar-refractivity contribution in [1.29, 1.82) is 5.26 Å². The zero-order valence-corrected chi connectivity index (χ0v) is 12.3. The highest BCUT2D eigenvalue weighted by molar-refractivity contribution is 6.62. The van der Waals surface area contributed by atoms with Crippen molar-refractivity contribution < 1.29 is 18.4 Å². The molecule has 1 aliphatic heterocycles. The third-order valence-corrected chi connectivity index (χ3v) is 3.97. The smallest absolute Gasteiger partial charge is 0.495 e. The molecule has 0 aromatic heterocycles. The Morgan fingerprint density at radius 3 is 2.20 bits per heavy atom. The van der Waals surface area contributed by atoms with Crippen LogP contribution < -0.4 is 10.2 Å². The van der Waals surface area contributed by atoms with Crippen molar-refractivity contribution in [2.24, 2.45) is 0 Å². The zero-order chi connectivity index (χ0) is 15.1. The van der Waals surface area contributed by atoms with Crippen LogP contribution in [-0.2, 0) is 9.31 Å². The summed E-state index contributed by atoms with van der Waals surface area (Å²) in [6.07, 6.45) is 0. The first-order valence-electron chi connectivity index (χ1n) is 6.35. The highest BCUT2D eigenvalue weighted by Crippen LogP contribution is 2.37. The van der Waals surface area contributed by atoms with E-state index in [0.717, 1.165) is 0 Å². The van der Waals surface area contributed by atoms with Gasteiger partial charge in [0.05, 0.1) is 18.3 Å². The van der Waals surface area contributed by atoms with Crippen molar-refractivity contribution in [2.45, 2.75) is 38.9 Å². The quantitative estimate of drug-likeness (QED) is 0.776. The van der Waals surface area contributed by atoms with Gasteiger partial charge in [-0.15, -0.1) is 0 Å². The van der Waals surface area contributed by atoms with Crippen LogP contribution in [0.15, 0.2) is 12.1 Å². The molecule has 106 valence electrons. The zero-order valence-electron chi connectivity index (χ0n) is 12.3. The van der Waals surface area contributed by atoms with Gasteiger partial charge in [-0.2, -0.15) is 5.26 Å². The number of hydrogen-bond acceptors (Lipinski definition) is 4. The summed E-state index contributed by atoms with van der Waals surface area (Å²) in [5.41, 5.74) is -1.05. The third-order valence-electron chi connectivity index (χ3n) is 3.97. The highest BCUT2D eigenvalue weighted by atomic mass is 19.1. The van der Waals surface area contributed by atoms with E-state index in [1.807, 2.05) is 33.8 Å². The minimum absolute atomic E-state index is 0.139. The monoisotopic (exact) mass is 277 g/mol. The number of hydrogen-bond donors (Lipinski definition) is 0. The molecule has 1 fully saturated rings. The Morgan fingerprint density at radius 1 is 1.20 bits per heavy atom. The summed E-state index contributed by atoms with van der Waals surface area (Å²) in [6.45, 7) is 7.55. The maximum atomic E-state index is 14.4. The normalized spacial score (nSPS) is 19.8. The van der Waals surface area contributed by atoms with Crippen LogP contribution in [0.2, 0.25) is 0 Å². The van der Waals surface area contributed by atoms with Crippen molar-refractivity contribution >= 4 is 12.6 Å². The number of halogens is 1. The van der Waals surface area contributed by atoms with Gasteiger partial charge in [0, 0.05) is 5.46 Å². The van der Waals surface area contributed by atoms with Crippen LogP contribution >= 0.6 is 0 Å². The van der Waals surface area contributed by atoms with Crippen molar-refractivity contribution in [1.82, 2.24) is 0 Å². The van der Waals surface area contributed by atoms with Gasteiger partial charge in [0.2, 0.25) is 0 Å². The number of ether oxygens (including phenoxy) is 1. The van der Waals surface area contributed by atoms with E-state index in [9.17, 15) is 4.39 Å². The Hall–Kier alpha value is -1.58. The molecule has 0 bridgehead atoms. The SMILES string of the molecule is COc1ccc(B2OC(C)(C)C(C)(C)O2)c(F)c1C#N. The Balaban J connectivity index is 2.44. The van der Waals surface area contributed by atoms with Gasteiger partial charge in [-0.3, -0.25) is 0 Å². The lowest BCUT2D eigenvalue weighted by molar-refractivity contribution is 0.00578. The van der Waals surface area contributed by atoms with Crippen LogP contribution in [0.25, 0.3) is 0 Å². The van der Waals surface area contributed by atoms with Crippen LogP contribution in [0.4, 0.5) is 4.39 Å². The van der Waals surface area contributed by atoms with E-state index in [2.05, 4.69) is 0 Å². The van der Waals surface area contributed by atoms with E-state index >= 15 is 0 Å². The Labute approximate surface area is 118 Å². The third kappa shape index (κ3) is 2.17. The maximum absolute atomic E-state index is 14.4. The lowest BCUT2D eigenvalue weighted by Gasteiger charge is -2.32. The van der Waals surface area contributed by atoms with Gasteiger partial charge in [0.15, 0.2) is 0 Å². The van der Waals surface area contributed by atoms with E-state index in [0.29, 0.717) is 0 Å². The molecule has 1 saturated heterocycles. The van der Waals surface area contributed by atoms with E-state index in [1.165, 1.54) is 13.2 Å². The predicted octanol–water partition coefficient (Wildman–Crippen LogP) is 2.01. The number of methoxy groups -OCH3 is 1. The summed E-state index contributed by atoms with van der Waals surface area (Å²) in [5.74, 6) is -0.462. The van der Waals surface area contributed by atoms with E-state index in [-0.39, 0.29) is 16.8 Å². The maximum Gasteiger partial charge on any atom is 0.497 e. The van der Waals surface area contributed by atoms with E-state index < -0.39 is 24.1 Å². The molecule has 1 aromatic rings. The molecule has 4 nitrogen and oxygen atoms in total. The van der Waals surface area contributed by atoms with Gasteiger partial charge in [-0.05, 0) is 33.8 Å². The second-order valence-corrected chi connectivity index (χ2v) is 5.75. The summed E-state index contributed by atoms with van der Waals surface area (Å²) in [7, 11) is 0.558. The molecule has 0 atom stereocenters. The molecule has 6 heteroatoms. The van der Waals surface area contributed by atoms with Gasteiger partial charge in [-0.1, -0.05) is 6.07 Å². The van der Waals surface area contributed by atoms with E-state index in [4.69, 9.17) is 19.3 Å². The minimum Gasteiger partial charge on any atom is -0.495 e. The van der Waals surface area contributed by atoms with Crippen LogP contribution in [0.1, 0.15) is 33.3 Å². The predicted molar refractivity (Wildman–Crippen MR) is 73.4 cm³/mol. The fourth-order valence-electron chi connectivity index (χ4n) is 2.00. The first kappa shape index (κ1) is 14.8. The topological polar surface area (TPSA) is 51.5 Å². The molecule has 1 aromatic carbocycles. The van der Waals surface area contributed by atoms with Gasteiger partial charge in [-0.25, -0.2) is 4.39 Å². The molecule has 0 aliphatic carbocycles.